The number of aromatic nitrogens is 5. The minimum atomic E-state index is -0.0570. The first-order valence-electron chi connectivity index (χ1n) is 7.94. The molecule has 0 radical (unpaired) electrons. The average molecular weight is 355 g/mol. The molecule has 1 aliphatic carbocycles. The van der Waals surface area contributed by atoms with Crippen molar-refractivity contribution >= 4 is 23.5 Å². The molecule has 3 aromatic heterocycles. The number of hydrogen-bond acceptors (Lipinski definition) is 5. The summed E-state index contributed by atoms with van der Waals surface area (Å²) in [5.74, 6) is 1.13. The van der Waals surface area contributed by atoms with E-state index in [-0.39, 0.29) is 17.8 Å². The third-order valence-corrected chi connectivity index (χ3v) is 4.63. The van der Waals surface area contributed by atoms with E-state index in [1.807, 2.05) is 18.2 Å². The first kappa shape index (κ1) is 15.7. The predicted octanol–water partition coefficient (Wildman–Crippen LogP) is 3.05. The summed E-state index contributed by atoms with van der Waals surface area (Å²) in [6.07, 6.45) is 6.71. The molecule has 0 aliphatic heterocycles. The molecule has 7 nitrogen and oxygen atoms in total. The van der Waals surface area contributed by atoms with Gasteiger partial charge in [0.15, 0.2) is 5.82 Å². The van der Waals surface area contributed by atoms with Crippen molar-refractivity contribution in [2.24, 2.45) is 5.92 Å². The van der Waals surface area contributed by atoms with Crippen molar-refractivity contribution in [2.45, 2.75) is 18.8 Å². The summed E-state index contributed by atoms with van der Waals surface area (Å²) < 4.78 is 0. The van der Waals surface area contributed by atoms with Gasteiger partial charge in [0, 0.05) is 30.1 Å². The van der Waals surface area contributed by atoms with Crippen molar-refractivity contribution in [3.05, 3.63) is 53.6 Å². The molecule has 25 heavy (non-hydrogen) atoms. The number of hydrogen-bond donors (Lipinski definition) is 2. The standard InChI is InChI=1S/C17H15ClN6O/c18-14-2-1-11(9-20-14)12-7-13(8-12)16(25)22-17-21-15(23-24-17)10-3-5-19-6-4-10/h1-6,9,12-13H,7-8H2,(H2,21,22,23,24,25). The summed E-state index contributed by atoms with van der Waals surface area (Å²) >= 11 is 5.80. The van der Waals surface area contributed by atoms with E-state index in [0.29, 0.717) is 16.9 Å². The van der Waals surface area contributed by atoms with E-state index in [4.69, 9.17) is 11.6 Å². The molecule has 8 heteroatoms. The van der Waals surface area contributed by atoms with Gasteiger partial charge in [-0.25, -0.2) is 4.98 Å². The van der Waals surface area contributed by atoms with Gasteiger partial charge in [0.25, 0.3) is 0 Å². The van der Waals surface area contributed by atoms with Crippen molar-refractivity contribution < 1.29 is 4.79 Å². The number of pyridine rings is 2. The van der Waals surface area contributed by atoms with Gasteiger partial charge in [-0.15, -0.1) is 5.10 Å². The van der Waals surface area contributed by atoms with Crippen LogP contribution in [-0.2, 0) is 4.79 Å². The predicted molar refractivity (Wildman–Crippen MR) is 93.0 cm³/mol. The lowest BCUT2D eigenvalue weighted by Gasteiger charge is -2.34. The number of H-pyrrole nitrogens is 1. The van der Waals surface area contributed by atoms with E-state index in [1.54, 1.807) is 24.7 Å². The van der Waals surface area contributed by atoms with Gasteiger partial charge in [-0.2, -0.15) is 4.98 Å². The van der Waals surface area contributed by atoms with Crippen LogP contribution in [0.4, 0.5) is 5.95 Å². The molecule has 4 rings (SSSR count). The Balaban J connectivity index is 1.34. The fourth-order valence-corrected chi connectivity index (χ4v) is 3.01. The highest BCUT2D eigenvalue weighted by molar-refractivity contribution is 6.29. The Morgan fingerprint density at radius 3 is 2.72 bits per heavy atom. The van der Waals surface area contributed by atoms with Gasteiger partial charge < -0.3 is 0 Å². The molecule has 3 aromatic rings. The molecule has 0 unspecified atom stereocenters. The average Bonchev–Trinajstić information content (AvgIpc) is 3.04. The van der Waals surface area contributed by atoms with Crippen LogP contribution >= 0.6 is 11.6 Å². The van der Waals surface area contributed by atoms with Crippen LogP contribution in [0.5, 0.6) is 0 Å². The first-order chi connectivity index (χ1) is 12.2. The molecule has 0 spiro atoms. The van der Waals surface area contributed by atoms with Crippen LogP contribution in [0.2, 0.25) is 5.15 Å². The van der Waals surface area contributed by atoms with Crippen molar-refractivity contribution in [1.82, 2.24) is 25.1 Å². The molecule has 1 amide bonds. The molecule has 1 fully saturated rings. The number of nitrogens with zero attached hydrogens (tertiary/aromatic N) is 4. The zero-order chi connectivity index (χ0) is 17.2. The number of aromatic amines is 1. The Labute approximate surface area is 148 Å². The Kier molecular flexibility index (Phi) is 4.15. The molecule has 1 aliphatic rings. The van der Waals surface area contributed by atoms with E-state index >= 15 is 0 Å². The van der Waals surface area contributed by atoms with E-state index in [9.17, 15) is 4.79 Å². The van der Waals surface area contributed by atoms with E-state index in [1.165, 1.54) is 0 Å². The van der Waals surface area contributed by atoms with Crippen LogP contribution in [0.25, 0.3) is 11.4 Å². The van der Waals surface area contributed by atoms with Gasteiger partial charge in [-0.3, -0.25) is 20.2 Å². The minimum absolute atomic E-state index is 0.0384. The Morgan fingerprint density at radius 1 is 1.20 bits per heavy atom. The molecule has 0 atom stereocenters. The summed E-state index contributed by atoms with van der Waals surface area (Å²) in [7, 11) is 0. The number of anilines is 1. The van der Waals surface area contributed by atoms with Gasteiger partial charge in [0.05, 0.1) is 0 Å². The topological polar surface area (TPSA) is 96.5 Å². The highest BCUT2D eigenvalue weighted by Gasteiger charge is 2.35. The van der Waals surface area contributed by atoms with Crippen LogP contribution in [-0.4, -0.2) is 31.1 Å². The maximum atomic E-state index is 12.3. The fourth-order valence-electron chi connectivity index (χ4n) is 2.90. The molecule has 0 bridgehead atoms. The smallest absolute Gasteiger partial charge is 0.249 e. The van der Waals surface area contributed by atoms with Crippen LogP contribution in [0, 0.1) is 5.92 Å². The SMILES string of the molecule is O=C(Nc1n[nH]c(-c2ccncc2)n1)C1CC(c2ccc(Cl)nc2)C1. The van der Waals surface area contributed by atoms with Crippen LogP contribution in [0.15, 0.2) is 42.9 Å². The molecule has 3 heterocycles. The maximum absolute atomic E-state index is 12.3. The number of rotatable bonds is 4. The number of amides is 1. The first-order valence-corrected chi connectivity index (χ1v) is 8.32. The Bertz CT molecular complexity index is 874. The van der Waals surface area contributed by atoms with Crippen molar-refractivity contribution in [3.63, 3.8) is 0 Å². The summed E-state index contributed by atoms with van der Waals surface area (Å²) in [6.45, 7) is 0. The second-order valence-corrected chi connectivity index (χ2v) is 6.40. The molecule has 0 aromatic carbocycles. The molecular weight excluding hydrogens is 340 g/mol. The quantitative estimate of drug-likeness (QED) is 0.702. The second kappa shape index (κ2) is 6.60. The zero-order valence-electron chi connectivity index (χ0n) is 13.2. The monoisotopic (exact) mass is 354 g/mol. The highest BCUT2D eigenvalue weighted by Crippen LogP contribution is 2.41. The lowest BCUT2D eigenvalue weighted by atomic mass is 9.71. The molecule has 126 valence electrons. The molecule has 1 saturated carbocycles. The number of halogens is 1. The van der Waals surface area contributed by atoms with Crippen molar-refractivity contribution in [1.29, 1.82) is 0 Å². The number of nitrogens with one attached hydrogen (secondary N) is 2. The van der Waals surface area contributed by atoms with Crippen LogP contribution in [0.1, 0.15) is 24.3 Å². The van der Waals surface area contributed by atoms with Gasteiger partial charge in [-0.05, 0) is 42.5 Å². The van der Waals surface area contributed by atoms with E-state index in [2.05, 4.69) is 30.5 Å². The summed E-state index contributed by atoms with van der Waals surface area (Å²) in [4.78, 5) is 24.7. The van der Waals surface area contributed by atoms with E-state index < -0.39 is 0 Å². The summed E-state index contributed by atoms with van der Waals surface area (Å²) in [6, 6.07) is 7.38. The zero-order valence-corrected chi connectivity index (χ0v) is 13.9. The maximum Gasteiger partial charge on any atom is 0.249 e. The van der Waals surface area contributed by atoms with E-state index in [0.717, 1.165) is 24.0 Å². The van der Waals surface area contributed by atoms with Gasteiger partial charge in [-0.1, -0.05) is 17.7 Å². The van der Waals surface area contributed by atoms with Gasteiger partial charge >= 0.3 is 0 Å². The third kappa shape index (κ3) is 3.36. The lowest BCUT2D eigenvalue weighted by molar-refractivity contribution is -0.122. The highest BCUT2D eigenvalue weighted by atomic mass is 35.5. The Hall–Kier alpha value is -2.80. The van der Waals surface area contributed by atoms with Crippen LogP contribution in [0.3, 0.4) is 0 Å². The second-order valence-electron chi connectivity index (χ2n) is 6.01. The van der Waals surface area contributed by atoms with Crippen molar-refractivity contribution in [2.75, 3.05) is 5.32 Å². The van der Waals surface area contributed by atoms with Gasteiger partial charge in [0.2, 0.25) is 11.9 Å². The van der Waals surface area contributed by atoms with Crippen LogP contribution < -0.4 is 5.32 Å². The molecule has 2 N–H and O–H groups in total. The third-order valence-electron chi connectivity index (χ3n) is 4.40. The summed E-state index contributed by atoms with van der Waals surface area (Å²) in [5, 5.41) is 10.1. The van der Waals surface area contributed by atoms with Gasteiger partial charge in [0.1, 0.15) is 5.15 Å². The van der Waals surface area contributed by atoms with Crippen molar-refractivity contribution in [3.8, 4) is 11.4 Å². The molecule has 0 saturated heterocycles. The lowest BCUT2D eigenvalue weighted by Crippen LogP contribution is -2.33. The normalized spacial score (nSPS) is 19.2. The number of carbonyl (C=O) groups excluding carboxylic acids is 1. The Morgan fingerprint density at radius 2 is 2.00 bits per heavy atom. The largest absolute Gasteiger partial charge is 0.293 e. The summed E-state index contributed by atoms with van der Waals surface area (Å²) in [5.41, 5.74) is 1.98. The molecular formula is C17H15ClN6O. The number of carbonyl (C=O) groups is 1. The minimum Gasteiger partial charge on any atom is -0.293 e. The fraction of sp³-hybridized carbons (Fsp3) is 0.235.